The summed E-state index contributed by atoms with van der Waals surface area (Å²) in [4.78, 5) is 15.0. The average molecular weight is 460 g/mol. The van der Waals surface area contributed by atoms with Crippen LogP contribution in [-0.4, -0.2) is 62.4 Å². The van der Waals surface area contributed by atoms with Crippen molar-refractivity contribution in [3.05, 3.63) is 65.2 Å². The largest absolute Gasteiger partial charge is 0.373 e. The molecular formula is C24H33N3O4S. The van der Waals surface area contributed by atoms with Crippen molar-refractivity contribution >= 4 is 15.9 Å². The molecule has 174 valence electrons. The monoisotopic (exact) mass is 459 g/mol. The molecule has 7 nitrogen and oxygen atoms in total. The number of ether oxygens (including phenoxy) is 1. The van der Waals surface area contributed by atoms with Crippen molar-refractivity contribution in [2.45, 2.75) is 51.0 Å². The Morgan fingerprint density at radius 3 is 2.34 bits per heavy atom. The van der Waals surface area contributed by atoms with Crippen molar-refractivity contribution in [3.8, 4) is 0 Å². The zero-order valence-corrected chi connectivity index (χ0v) is 20.1. The van der Waals surface area contributed by atoms with Crippen molar-refractivity contribution in [2.75, 3.05) is 26.7 Å². The molecule has 1 amide bonds. The van der Waals surface area contributed by atoms with Gasteiger partial charge in [0.15, 0.2) is 0 Å². The van der Waals surface area contributed by atoms with E-state index in [1.807, 2.05) is 26.0 Å². The van der Waals surface area contributed by atoms with Gasteiger partial charge in [0.2, 0.25) is 10.0 Å². The maximum atomic E-state index is 13.0. The molecule has 0 saturated carbocycles. The fourth-order valence-corrected chi connectivity index (χ4v) is 5.39. The van der Waals surface area contributed by atoms with Gasteiger partial charge >= 0.3 is 0 Å². The van der Waals surface area contributed by atoms with Crippen LogP contribution in [0.25, 0.3) is 0 Å². The minimum Gasteiger partial charge on any atom is -0.373 e. The molecule has 0 aromatic heterocycles. The maximum absolute atomic E-state index is 13.0. The van der Waals surface area contributed by atoms with Crippen LogP contribution in [0, 0.1) is 0 Å². The van der Waals surface area contributed by atoms with Gasteiger partial charge in [-0.15, -0.1) is 0 Å². The normalized spacial score (nSPS) is 19.8. The number of hydrogen-bond acceptors (Lipinski definition) is 5. The predicted octanol–water partition coefficient (Wildman–Crippen LogP) is 2.87. The first kappa shape index (κ1) is 24.4. The zero-order valence-electron chi connectivity index (χ0n) is 19.2. The van der Waals surface area contributed by atoms with E-state index in [1.54, 1.807) is 12.1 Å². The number of morpholine rings is 1. The molecule has 1 aliphatic rings. The van der Waals surface area contributed by atoms with Gasteiger partial charge in [0.05, 0.1) is 17.1 Å². The van der Waals surface area contributed by atoms with Gasteiger partial charge in [-0.05, 0) is 62.8 Å². The Bertz CT molecular complexity index is 1010. The number of carbonyl (C=O) groups is 1. The first-order valence-electron chi connectivity index (χ1n) is 11.0. The molecule has 32 heavy (non-hydrogen) atoms. The lowest BCUT2D eigenvalue weighted by Gasteiger charge is -2.34. The summed E-state index contributed by atoms with van der Waals surface area (Å²) in [5.41, 5.74) is 2.65. The van der Waals surface area contributed by atoms with Crippen LogP contribution in [0.15, 0.2) is 53.4 Å². The van der Waals surface area contributed by atoms with Crippen LogP contribution in [0.5, 0.6) is 0 Å². The second kappa shape index (κ2) is 10.6. The van der Waals surface area contributed by atoms with Gasteiger partial charge in [0.1, 0.15) is 0 Å². The van der Waals surface area contributed by atoms with Gasteiger partial charge in [0, 0.05) is 31.7 Å². The van der Waals surface area contributed by atoms with Crippen molar-refractivity contribution in [1.82, 2.24) is 14.5 Å². The molecule has 8 heteroatoms. The number of nitrogens with one attached hydrogen (secondary N) is 1. The third-order valence-electron chi connectivity index (χ3n) is 5.58. The van der Waals surface area contributed by atoms with E-state index < -0.39 is 10.0 Å². The smallest absolute Gasteiger partial charge is 0.251 e. The molecule has 0 spiro atoms. The number of hydrogen-bond donors (Lipinski definition) is 1. The summed E-state index contributed by atoms with van der Waals surface area (Å²) in [6, 6.07) is 14.2. The Morgan fingerprint density at radius 1 is 1.09 bits per heavy atom. The molecule has 0 unspecified atom stereocenters. The molecule has 1 fully saturated rings. The minimum absolute atomic E-state index is 0.153. The van der Waals surface area contributed by atoms with Crippen LogP contribution >= 0.6 is 0 Å². The van der Waals surface area contributed by atoms with Crippen LogP contribution in [0.4, 0.5) is 0 Å². The number of carbonyl (C=O) groups excluding carboxylic acids is 1. The minimum atomic E-state index is -3.62. The van der Waals surface area contributed by atoms with Crippen molar-refractivity contribution < 1.29 is 17.9 Å². The highest BCUT2D eigenvalue weighted by molar-refractivity contribution is 7.89. The van der Waals surface area contributed by atoms with E-state index >= 15 is 0 Å². The number of benzene rings is 2. The van der Waals surface area contributed by atoms with E-state index in [0.717, 1.165) is 18.7 Å². The van der Waals surface area contributed by atoms with Gasteiger partial charge in [-0.1, -0.05) is 31.2 Å². The third-order valence-corrected chi connectivity index (χ3v) is 7.42. The lowest BCUT2D eigenvalue weighted by Crippen LogP contribution is -2.48. The molecular weight excluding hydrogens is 426 g/mol. The highest BCUT2D eigenvalue weighted by atomic mass is 32.2. The van der Waals surface area contributed by atoms with Gasteiger partial charge in [-0.3, -0.25) is 4.79 Å². The third kappa shape index (κ3) is 6.16. The Kier molecular flexibility index (Phi) is 8.05. The molecule has 1 saturated heterocycles. The standard InChI is InChI=1S/C24H33N3O4S/c1-5-26(4)17-21-8-6-7-20(13-21)14-25-24(28)22-9-11-23(12-10-22)32(29,30)27-15-18(2)31-19(3)16-27/h6-13,18-19H,5,14-17H2,1-4H3,(H,25,28)/t18-,19-/m0/s1. The van der Waals surface area contributed by atoms with E-state index in [4.69, 9.17) is 4.74 Å². The Labute approximate surface area is 191 Å². The zero-order chi connectivity index (χ0) is 23.3. The predicted molar refractivity (Wildman–Crippen MR) is 125 cm³/mol. The van der Waals surface area contributed by atoms with Crippen LogP contribution in [-0.2, 0) is 27.8 Å². The molecule has 0 aliphatic carbocycles. The van der Waals surface area contributed by atoms with Crippen LogP contribution in [0.2, 0.25) is 0 Å². The summed E-state index contributed by atoms with van der Waals surface area (Å²) in [5, 5.41) is 2.91. The van der Waals surface area contributed by atoms with Crippen molar-refractivity contribution in [1.29, 1.82) is 0 Å². The van der Waals surface area contributed by atoms with E-state index in [2.05, 4.69) is 36.3 Å². The maximum Gasteiger partial charge on any atom is 0.251 e. The van der Waals surface area contributed by atoms with Crippen LogP contribution in [0.1, 0.15) is 42.3 Å². The first-order chi connectivity index (χ1) is 15.2. The summed E-state index contributed by atoms with van der Waals surface area (Å²) in [6.07, 6.45) is -0.307. The SMILES string of the molecule is CCN(C)Cc1cccc(CNC(=O)c2ccc(S(=O)(=O)N3C[C@H](C)O[C@@H](C)C3)cc2)c1. The summed E-state index contributed by atoms with van der Waals surface area (Å²) < 4.78 is 33.0. The Morgan fingerprint density at radius 2 is 1.72 bits per heavy atom. The fraction of sp³-hybridized carbons (Fsp3) is 0.458. The average Bonchev–Trinajstić information content (AvgIpc) is 2.77. The van der Waals surface area contributed by atoms with Gasteiger partial charge in [0.25, 0.3) is 5.91 Å². The van der Waals surface area contributed by atoms with Gasteiger partial charge in [-0.25, -0.2) is 8.42 Å². The highest BCUT2D eigenvalue weighted by Crippen LogP contribution is 2.21. The molecule has 2 atom stereocenters. The second-order valence-corrected chi connectivity index (χ2v) is 10.4. The summed E-state index contributed by atoms with van der Waals surface area (Å²) >= 11 is 0. The molecule has 3 rings (SSSR count). The second-order valence-electron chi connectivity index (χ2n) is 8.44. The molecule has 1 N–H and O–H groups in total. The van der Waals surface area contributed by atoms with Crippen LogP contribution < -0.4 is 5.32 Å². The molecule has 0 bridgehead atoms. The summed E-state index contributed by atoms with van der Waals surface area (Å²) in [6.45, 7) is 8.72. The van der Waals surface area contributed by atoms with E-state index in [1.165, 1.54) is 22.0 Å². The fourth-order valence-electron chi connectivity index (χ4n) is 3.80. The lowest BCUT2D eigenvalue weighted by atomic mass is 10.1. The lowest BCUT2D eigenvalue weighted by molar-refractivity contribution is -0.0440. The molecule has 1 heterocycles. The van der Waals surface area contributed by atoms with Crippen molar-refractivity contribution in [3.63, 3.8) is 0 Å². The van der Waals surface area contributed by atoms with Gasteiger partial charge in [-0.2, -0.15) is 4.31 Å². The number of sulfonamides is 1. The Hall–Kier alpha value is -2.26. The molecule has 1 aliphatic heterocycles. The topological polar surface area (TPSA) is 79.0 Å². The van der Waals surface area contributed by atoms with Crippen molar-refractivity contribution in [2.24, 2.45) is 0 Å². The number of amides is 1. The van der Waals surface area contributed by atoms with Gasteiger partial charge < -0.3 is 15.0 Å². The molecule has 2 aromatic rings. The van der Waals surface area contributed by atoms with E-state index in [-0.39, 0.29) is 23.0 Å². The number of rotatable bonds is 8. The summed E-state index contributed by atoms with van der Waals surface area (Å²) in [7, 11) is -1.56. The Balaban J connectivity index is 1.62. The quantitative estimate of drug-likeness (QED) is 0.657. The number of nitrogens with zero attached hydrogens (tertiary/aromatic N) is 2. The van der Waals surface area contributed by atoms with E-state index in [9.17, 15) is 13.2 Å². The highest BCUT2D eigenvalue weighted by Gasteiger charge is 2.32. The summed E-state index contributed by atoms with van der Waals surface area (Å²) in [5.74, 6) is -0.237. The first-order valence-corrected chi connectivity index (χ1v) is 12.4. The molecule has 0 radical (unpaired) electrons. The molecule has 2 aromatic carbocycles. The van der Waals surface area contributed by atoms with Crippen LogP contribution in [0.3, 0.4) is 0 Å². The van der Waals surface area contributed by atoms with E-state index in [0.29, 0.717) is 25.2 Å².